The van der Waals surface area contributed by atoms with Crippen molar-refractivity contribution >= 4 is 11.9 Å². The summed E-state index contributed by atoms with van der Waals surface area (Å²) in [6.45, 7) is 2.67. The number of carbonyl (C=O) groups is 2. The molecule has 1 fully saturated rings. The summed E-state index contributed by atoms with van der Waals surface area (Å²) in [4.78, 5) is 25.2. The molecule has 0 spiro atoms. The highest BCUT2D eigenvalue weighted by atomic mass is 16.5. The van der Waals surface area contributed by atoms with E-state index >= 15 is 0 Å². The fourth-order valence-electron chi connectivity index (χ4n) is 4.18. The number of aliphatic hydroxyl groups is 1. The van der Waals surface area contributed by atoms with Gasteiger partial charge < -0.3 is 14.7 Å². The molecular weight excluding hydrogens is 414 g/mol. The second-order valence-electron chi connectivity index (χ2n) is 9.03. The van der Waals surface area contributed by atoms with Crippen LogP contribution >= 0.6 is 0 Å². The summed E-state index contributed by atoms with van der Waals surface area (Å²) in [5.41, 5.74) is 1.39. The number of esters is 1. The zero-order valence-electron chi connectivity index (χ0n) is 20.3. The number of hydrogen-bond donors (Lipinski definition) is 1. The molecule has 0 aromatic heterocycles. The number of nitrogens with zero attached hydrogens (tertiary/aromatic N) is 1. The van der Waals surface area contributed by atoms with E-state index < -0.39 is 6.10 Å². The van der Waals surface area contributed by atoms with Gasteiger partial charge in [-0.3, -0.25) is 9.59 Å². The van der Waals surface area contributed by atoms with Gasteiger partial charge in [-0.15, -0.1) is 0 Å². The minimum absolute atomic E-state index is 0.0462. The SMILES string of the molecule is COC(=O)CCCC=CCN1C(=O)CC[C@@H]1C=C[C@H](O)[C@@H](C)CCCCCc1ccccc1. The average Bonchev–Trinajstić information content (AvgIpc) is 3.18. The molecule has 182 valence electrons. The number of carbonyl (C=O) groups excluding carboxylic acids is 2. The number of likely N-dealkylation sites (tertiary alicyclic amines) is 1. The van der Waals surface area contributed by atoms with Crippen molar-refractivity contribution in [3.05, 3.63) is 60.2 Å². The highest BCUT2D eigenvalue weighted by molar-refractivity contribution is 5.79. The maximum Gasteiger partial charge on any atom is 0.305 e. The lowest BCUT2D eigenvalue weighted by atomic mass is 9.95. The van der Waals surface area contributed by atoms with Crippen LogP contribution in [-0.2, 0) is 20.7 Å². The molecule has 1 N–H and O–H groups in total. The molecular formula is C28H41NO4. The van der Waals surface area contributed by atoms with Crippen LogP contribution in [0.1, 0.15) is 70.3 Å². The van der Waals surface area contributed by atoms with Gasteiger partial charge in [-0.1, -0.05) is 74.4 Å². The van der Waals surface area contributed by atoms with E-state index in [1.807, 2.05) is 35.3 Å². The van der Waals surface area contributed by atoms with E-state index in [0.29, 0.717) is 19.4 Å². The summed E-state index contributed by atoms with van der Waals surface area (Å²) >= 11 is 0. The first-order chi connectivity index (χ1) is 16.0. The maximum atomic E-state index is 12.3. The molecule has 1 aromatic rings. The lowest BCUT2D eigenvalue weighted by molar-refractivity contribution is -0.140. The van der Waals surface area contributed by atoms with E-state index in [1.165, 1.54) is 25.5 Å². The number of aliphatic hydroxyl groups excluding tert-OH is 1. The third-order valence-electron chi connectivity index (χ3n) is 6.40. The van der Waals surface area contributed by atoms with E-state index in [0.717, 1.165) is 38.5 Å². The van der Waals surface area contributed by atoms with E-state index in [9.17, 15) is 14.7 Å². The van der Waals surface area contributed by atoms with Crippen LogP contribution in [-0.4, -0.2) is 47.7 Å². The first-order valence-electron chi connectivity index (χ1n) is 12.4. The molecule has 2 rings (SSSR count). The van der Waals surface area contributed by atoms with Gasteiger partial charge in [-0.2, -0.15) is 0 Å². The summed E-state index contributed by atoms with van der Waals surface area (Å²) in [5.74, 6) is 0.173. The molecule has 3 atom stereocenters. The lowest BCUT2D eigenvalue weighted by Gasteiger charge is -2.22. The molecule has 1 heterocycles. The van der Waals surface area contributed by atoms with E-state index in [-0.39, 0.29) is 23.8 Å². The van der Waals surface area contributed by atoms with Crippen LogP contribution in [0.4, 0.5) is 0 Å². The van der Waals surface area contributed by atoms with Gasteiger partial charge in [0.2, 0.25) is 5.91 Å². The maximum absolute atomic E-state index is 12.3. The van der Waals surface area contributed by atoms with Crippen molar-refractivity contribution in [3.63, 3.8) is 0 Å². The van der Waals surface area contributed by atoms with Crippen LogP contribution in [0.15, 0.2) is 54.6 Å². The van der Waals surface area contributed by atoms with Gasteiger partial charge in [0.25, 0.3) is 0 Å². The number of benzene rings is 1. The van der Waals surface area contributed by atoms with Gasteiger partial charge >= 0.3 is 5.97 Å². The summed E-state index contributed by atoms with van der Waals surface area (Å²) < 4.78 is 4.63. The number of amides is 1. The lowest BCUT2D eigenvalue weighted by Crippen LogP contribution is -2.32. The highest BCUT2D eigenvalue weighted by Crippen LogP contribution is 2.21. The fraction of sp³-hybridized carbons (Fsp3) is 0.571. The standard InChI is InChI=1S/C28H41NO4/c1-23(13-7-5-8-14-24-15-9-6-10-16-24)26(30)20-18-25-19-21-27(31)29(25)22-12-4-3-11-17-28(32)33-2/h4,6,9-10,12,15-16,18,20,23,25-26,30H,3,5,7-8,11,13-14,17,19,21-22H2,1-2H3/t23-,25-,26-/m0/s1. The second-order valence-corrected chi connectivity index (χ2v) is 9.03. The van der Waals surface area contributed by atoms with Crippen molar-refractivity contribution in [1.29, 1.82) is 0 Å². The molecule has 0 aliphatic carbocycles. The molecule has 0 bridgehead atoms. The van der Waals surface area contributed by atoms with Gasteiger partial charge in [0.15, 0.2) is 0 Å². The van der Waals surface area contributed by atoms with Gasteiger partial charge in [-0.25, -0.2) is 0 Å². The number of rotatable bonds is 15. The van der Waals surface area contributed by atoms with Crippen molar-refractivity contribution in [1.82, 2.24) is 4.90 Å². The monoisotopic (exact) mass is 455 g/mol. The molecule has 1 aromatic carbocycles. The Morgan fingerprint density at radius 2 is 1.97 bits per heavy atom. The Labute approximate surface area is 199 Å². The van der Waals surface area contributed by atoms with Crippen LogP contribution in [0.2, 0.25) is 0 Å². The van der Waals surface area contributed by atoms with Gasteiger partial charge in [0.05, 0.1) is 19.3 Å². The zero-order valence-corrected chi connectivity index (χ0v) is 20.3. The molecule has 5 heteroatoms. The largest absolute Gasteiger partial charge is 0.469 e. The summed E-state index contributed by atoms with van der Waals surface area (Å²) in [7, 11) is 1.40. The van der Waals surface area contributed by atoms with Gasteiger partial charge in [-0.05, 0) is 50.0 Å². The summed E-state index contributed by atoms with van der Waals surface area (Å²) in [5, 5.41) is 10.6. The van der Waals surface area contributed by atoms with Crippen molar-refractivity contribution in [2.24, 2.45) is 5.92 Å². The third-order valence-corrected chi connectivity index (χ3v) is 6.40. The van der Waals surface area contributed by atoms with Crippen molar-refractivity contribution in [3.8, 4) is 0 Å². The van der Waals surface area contributed by atoms with Crippen LogP contribution in [0.5, 0.6) is 0 Å². The molecule has 0 saturated carbocycles. The van der Waals surface area contributed by atoms with Crippen molar-refractivity contribution < 1.29 is 19.4 Å². The number of ether oxygens (including phenoxy) is 1. The number of methoxy groups -OCH3 is 1. The number of unbranched alkanes of at least 4 members (excludes halogenated alkanes) is 3. The van der Waals surface area contributed by atoms with Crippen LogP contribution in [0, 0.1) is 5.92 Å². The minimum Gasteiger partial charge on any atom is -0.469 e. The van der Waals surface area contributed by atoms with Crippen LogP contribution in [0.3, 0.4) is 0 Å². The molecule has 1 amide bonds. The first-order valence-corrected chi connectivity index (χ1v) is 12.4. The summed E-state index contributed by atoms with van der Waals surface area (Å²) in [6.07, 6.45) is 16.3. The molecule has 0 unspecified atom stereocenters. The third kappa shape index (κ3) is 10.4. The minimum atomic E-state index is -0.481. The number of allylic oxidation sites excluding steroid dienone is 1. The Bertz CT molecular complexity index is 758. The van der Waals surface area contributed by atoms with Crippen molar-refractivity contribution in [2.45, 2.75) is 83.3 Å². The quantitative estimate of drug-likeness (QED) is 0.223. The molecule has 33 heavy (non-hydrogen) atoms. The molecule has 1 saturated heterocycles. The van der Waals surface area contributed by atoms with Gasteiger partial charge in [0.1, 0.15) is 0 Å². The van der Waals surface area contributed by atoms with Crippen LogP contribution in [0.25, 0.3) is 0 Å². The first kappa shape index (κ1) is 26.8. The Morgan fingerprint density at radius 1 is 1.18 bits per heavy atom. The van der Waals surface area contributed by atoms with Gasteiger partial charge in [0, 0.05) is 19.4 Å². The van der Waals surface area contributed by atoms with Crippen molar-refractivity contribution in [2.75, 3.05) is 13.7 Å². The van der Waals surface area contributed by atoms with E-state index in [1.54, 1.807) is 0 Å². The molecule has 5 nitrogen and oxygen atoms in total. The smallest absolute Gasteiger partial charge is 0.305 e. The Kier molecular flexibility index (Phi) is 12.6. The predicted octanol–water partition coefficient (Wildman–Crippen LogP) is 5.23. The zero-order chi connectivity index (χ0) is 23.9. The normalized spacial score (nSPS) is 18.3. The Hall–Kier alpha value is -2.40. The summed E-state index contributed by atoms with van der Waals surface area (Å²) in [6, 6.07) is 10.6. The average molecular weight is 456 g/mol. The Morgan fingerprint density at radius 3 is 2.73 bits per heavy atom. The fourth-order valence-corrected chi connectivity index (χ4v) is 4.18. The highest BCUT2D eigenvalue weighted by Gasteiger charge is 2.28. The number of hydrogen-bond acceptors (Lipinski definition) is 4. The van der Waals surface area contributed by atoms with E-state index in [4.69, 9.17) is 0 Å². The topological polar surface area (TPSA) is 66.8 Å². The molecule has 1 aliphatic rings. The molecule has 0 radical (unpaired) electrons. The second kappa shape index (κ2) is 15.4. The predicted molar refractivity (Wildman–Crippen MR) is 133 cm³/mol. The Balaban J connectivity index is 1.66. The number of aryl methyl sites for hydroxylation is 1. The van der Waals surface area contributed by atoms with E-state index in [2.05, 4.69) is 35.9 Å². The molecule has 1 aliphatic heterocycles. The van der Waals surface area contributed by atoms with Crippen LogP contribution < -0.4 is 0 Å².